The summed E-state index contributed by atoms with van der Waals surface area (Å²) in [5.41, 5.74) is 0. The maximum atomic E-state index is 11.4. The zero-order valence-corrected chi connectivity index (χ0v) is 10.2. The number of ether oxygens (including phenoxy) is 1. The maximum absolute atomic E-state index is 11.4. The van der Waals surface area contributed by atoms with Crippen molar-refractivity contribution < 1.29 is 9.53 Å². The van der Waals surface area contributed by atoms with Crippen LogP contribution in [-0.4, -0.2) is 12.4 Å². The fourth-order valence-corrected chi connectivity index (χ4v) is 2.00. The summed E-state index contributed by atoms with van der Waals surface area (Å²) in [6, 6.07) is 5.02. The Kier molecular flexibility index (Phi) is 3.72. The van der Waals surface area contributed by atoms with Gasteiger partial charge in [0.2, 0.25) is 0 Å². The van der Waals surface area contributed by atoms with Crippen LogP contribution in [0.15, 0.2) is 18.2 Å². The first-order valence-corrected chi connectivity index (χ1v) is 6.02. The summed E-state index contributed by atoms with van der Waals surface area (Å²) in [6.45, 7) is 0.395. The normalized spacial score (nSPS) is 14.9. The molecule has 0 saturated heterocycles. The molecule has 0 aromatic heterocycles. The van der Waals surface area contributed by atoms with Crippen LogP contribution in [0.5, 0.6) is 5.75 Å². The van der Waals surface area contributed by atoms with Gasteiger partial charge in [0.05, 0.1) is 6.61 Å². The van der Waals surface area contributed by atoms with Crippen molar-refractivity contribution in [2.24, 2.45) is 5.92 Å². The summed E-state index contributed by atoms with van der Waals surface area (Å²) >= 11 is 11.6. The fourth-order valence-electron chi connectivity index (χ4n) is 1.49. The molecule has 0 atom stereocenters. The summed E-state index contributed by atoms with van der Waals surface area (Å²) < 4.78 is 5.43. The Morgan fingerprint density at radius 3 is 2.44 bits per heavy atom. The SMILES string of the molecule is O=C(CCOc1cc(Cl)cc(Cl)c1)C1CC1. The van der Waals surface area contributed by atoms with E-state index in [2.05, 4.69) is 0 Å². The first-order valence-electron chi connectivity index (χ1n) is 5.27. The molecule has 0 N–H and O–H groups in total. The van der Waals surface area contributed by atoms with E-state index < -0.39 is 0 Å². The Labute approximate surface area is 104 Å². The highest BCUT2D eigenvalue weighted by molar-refractivity contribution is 6.34. The van der Waals surface area contributed by atoms with Crippen LogP contribution in [-0.2, 0) is 4.79 Å². The number of rotatable bonds is 5. The van der Waals surface area contributed by atoms with Crippen molar-refractivity contribution in [3.05, 3.63) is 28.2 Å². The van der Waals surface area contributed by atoms with Gasteiger partial charge in [-0.3, -0.25) is 4.79 Å². The second kappa shape index (κ2) is 5.07. The number of benzene rings is 1. The lowest BCUT2D eigenvalue weighted by atomic mass is 10.2. The van der Waals surface area contributed by atoms with E-state index >= 15 is 0 Å². The van der Waals surface area contributed by atoms with Gasteiger partial charge in [-0.15, -0.1) is 0 Å². The molecule has 0 amide bonds. The standard InChI is InChI=1S/C12H12Cl2O2/c13-9-5-10(14)7-11(6-9)16-4-3-12(15)8-1-2-8/h5-8H,1-4H2. The van der Waals surface area contributed by atoms with E-state index in [0.717, 1.165) is 12.8 Å². The molecule has 16 heavy (non-hydrogen) atoms. The van der Waals surface area contributed by atoms with Gasteiger partial charge in [0.1, 0.15) is 11.5 Å². The predicted molar refractivity (Wildman–Crippen MR) is 64.3 cm³/mol. The molecular weight excluding hydrogens is 247 g/mol. The van der Waals surface area contributed by atoms with Crippen molar-refractivity contribution >= 4 is 29.0 Å². The van der Waals surface area contributed by atoms with Crippen LogP contribution >= 0.6 is 23.2 Å². The quantitative estimate of drug-likeness (QED) is 0.805. The highest BCUT2D eigenvalue weighted by atomic mass is 35.5. The molecule has 1 aliphatic rings. The van der Waals surface area contributed by atoms with Crippen molar-refractivity contribution in [2.75, 3.05) is 6.61 Å². The van der Waals surface area contributed by atoms with E-state index in [1.807, 2.05) is 0 Å². The number of carbonyl (C=O) groups is 1. The first-order chi connectivity index (χ1) is 7.65. The van der Waals surface area contributed by atoms with Gasteiger partial charge >= 0.3 is 0 Å². The second-order valence-electron chi connectivity index (χ2n) is 3.94. The highest BCUT2D eigenvalue weighted by Crippen LogP contribution is 2.31. The summed E-state index contributed by atoms with van der Waals surface area (Å²) in [5, 5.41) is 1.08. The monoisotopic (exact) mass is 258 g/mol. The van der Waals surface area contributed by atoms with E-state index in [4.69, 9.17) is 27.9 Å². The maximum Gasteiger partial charge on any atom is 0.139 e. The third-order valence-electron chi connectivity index (χ3n) is 2.49. The molecular formula is C12H12Cl2O2. The molecule has 86 valence electrons. The smallest absolute Gasteiger partial charge is 0.139 e. The third-order valence-corrected chi connectivity index (χ3v) is 2.92. The summed E-state index contributed by atoms with van der Waals surface area (Å²) in [7, 11) is 0. The lowest BCUT2D eigenvalue weighted by Gasteiger charge is -2.06. The lowest BCUT2D eigenvalue weighted by Crippen LogP contribution is -2.07. The van der Waals surface area contributed by atoms with E-state index in [0.29, 0.717) is 40.5 Å². The van der Waals surface area contributed by atoms with Gasteiger partial charge in [-0.25, -0.2) is 0 Å². The van der Waals surface area contributed by atoms with E-state index in [1.54, 1.807) is 18.2 Å². The third kappa shape index (κ3) is 3.39. The van der Waals surface area contributed by atoms with Crippen LogP contribution in [0.2, 0.25) is 10.0 Å². The number of halogens is 2. The molecule has 4 heteroatoms. The summed E-state index contributed by atoms with van der Waals surface area (Å²) in [6.07, 6.45) is 2.55. The number of carbonyl (C=O) groups excluding carboxylic acids is 1. The molecule has 1 saturated carbocycles. The van der Waals surface area contributed by atoms with E-state index in [9.17, 15) is 4.79 Å². The molecule has 2 rings (SSSR count). The topological polar surface area (TPSA) is 26.3 Å². The lowest BCUT2D eigenvalue weighted by molar-refractivity contribution is -0.120. The van der Waals surface area contributed by atoms with E-state index in [-0.39, 0.29) is 0 Å². The average Bonchev–Trinajstić information content (AvgIpc) is 2.98. The fraction of sp³-hybridized carbons (Fsp3) is 0.417. The molecule has 0 spiro atoms. The van der Waals surface area contributed by atoms with Crippen LogP contribution in [0.4, 0.5) is 0 Å². The molecule has 0 unspecified atom stereocenters. The second-order valence-corrected chi connectivity index (χ2v) is 4.82. The predicted octanol–water partition coefficient (Wildman–Crippen LogP) is 3.74. The van der Waals surface area contributed by atoms with Crippen molar-refractivity contribution in [3.8, 4) is 5.75 Å². The van der Waals surface area contributed by atoms with Crippen molar-refractivity contribution in [3.63, 3.8) is 0 Å². The van der Waals surface area contributed by atoms with Crippen molar-refractivity contribution in [1.82, 2.24) is 0 Å². The molecule has 1 aromatic rings. The Morgan fingerprint density at radius 2 is 1.88 bits per heavy atom. The number of ketones is 1. The van der Waals surface area contributed by atoms with Gasteiger partial charge in [-0.05, 0) is 31.0 Å². The molecule has 0 aliphatic heterocycles. The molecule has 0 radical (unpaired) electrons. The summed E-state index contributed by atoms with van der Waals surface area (Å²) in [4.78, 5) is 11.4. The highest BCUT2D eigenvalue weighted by Gasteiger charge is 2.28. The number of hydrogen-bond donors (Lipinski definition) is 0. The van der Waals surface area contributed by atoms with Crippen LogP contribution < -0.4 is 4.74 Å². The minimum absolute atomic E-state index is 0.298. The van der Waals surface area contributed by atoms with Crippen LogP contribution in [0, 0.1) is 5.92 Å². The minimum atomic E-state index is 0.298. The Balaban J connectivity index is 1.82. The molecule has 1 fully saturated rings. The molecule has 0 heterocycles. The average molecular weight is 259 g/mol. The molecule has 1 aliphatic carbocycles. The van der Waals surface area contributed by atoms with E-state index in [1.165, 1.54) is 0 Å². The van der Waals surface area contributed by atoms with Crippen molar-refractivity contribution in [1.29, 1.82) is 0 Å². The Bertz CT molecular complexity index is 380. The zero-order valence-electron chi connectivity index (χ0n) is 8.71. The van der Waals surface area contributed by atoms with Crippen LogP contribution in [0.3, 0.4) is 0 Å². The zero-order chi connectivity index (χ0) is 11.5. The van der Waals surface area contributed by atoms with Crippen molar-refractivity contribution in [2.45, 2.75) is 19.3 Å². The Hall–Kier alpha value is -0.730. The molecule has 0 bridgehead atoms. The van der Waals surface area contributed by atoms with Gasteiger partial charge in [0.25, 0.3) is 0 Å². The van der Waals surface area contributed by atoms with Crippen LogP contribution in [0.25, 0.3) is 0 Å². The van der Waals surface area contributed by atoms with Gasteiger partial charge < -0.3 is 4.74 Å². The first kappa shape index (κ1) is 11.7. The van der Waals surface area contributed by atoms with Gasteiger partial charge in [0, 0.05) is 22.4 Å². The number of Topliss-reactive ketones (excluding diaryl/α,β-unsaturated/α-hetero) is 1. The molecule has 2 nitrogen and oxygen atoms in total. The van der Waals surface area contributed by atoms with Gasteiger partial charge in [-0.1, -0.05) is 23.2 Å². The van der Waals surface area contributed by atoms with Crippen LogP contribution in [0.1, 0.15) is 19.3 Å². The minimum Gasteiger partial charge on any atom is -0.493 e. The van der Waals surface area contributed by atoms with Gasteiger partial charge in [0.15, 0.2) is 0 Å². The Morgan fingerprint density at radius 1 is 1.25 bits per heavy atom. The van der Waals surface area contributed by atoms with Gasteiger partial charge in [-0.2, -0.15) is 0 Å². The summed E-state index contributed by atoms with van der Waals surface area (Å²) in [5.74, 6) is 1.21. The molecule has 1 aromatic carbocycles. The number of hydrogen-bond acceptors (Lipinski definition) is 2. The largest absolute Gasteiger partial charge is 0.493 e.